The monoisotopic (exact) mass is 1150 g/mol. The SMILES string of the molecule is CCC1Cc2cc(O)c(OC3CC(Cc4ccc[nH]4)C4=CCNC(N)=C4CSSCC(CO)C3O)cc2C2CC(O)C3C(C#CC45CC(c6ccccc6)C6Cc7ccccc7CCC7CCC(O)C4C76C=CC5C(O)CCC3O)C=C12. The van der Waals surface area contributed by atoms with E-state index in [1.807, 2.05) is 24.4 Å². The third-order valence-corrected chi connectivity index (χ3v) is 24.4. The van der Waals surface area contributed by atoms with Crippen LogP contribution in [0.4, 0.5) is 0 Å². The second-order valence-electron chi connectivity index (χ2n) is 25.9. The number of aromatic hydroxyl groups is 1. The number of phenols is 1. The van der Waals surface area contributed by atoms with Crippen LogP contribution in [0.25, 0.3) is 0 Å². The van der Waals surface area contributed by atoms with Gasteiger partial charge in [-0.2, -0.15) is 0 Å². The van der Waals surface area contributed by atoms with Crippen molar-refractivity contribution in [1.29, 1.82) is 0 Å². The fourth-order valence-electron chi connectivity index (χ4n) is 18.1. The number of hydrogen-bond acceptors (Lipinski definition) is 12. The minimum Gasteiger partial charge on any atom is -0.504 e. The van der Waals surface area contributed by atoms with Crippen molar-refractivity contribution in [2.75, 3.05) is 24.7 Å². The van der Waals surface area contributed by atoms with E-state index in [1.54, 1.807) is 21.6 Å². The summed E-state index contributed by atoms with van der Waals surface area (Å²) < 4.78 is 7.02. The highest BCUT2D eigenvalue weighted by atomic mass is 33.1. The lowest BCUT2D eigenvalue weighted by molar-refractivity contribution is -0.184. The highest BCUT2D eigenvalue weighted by Crippen LogP contribution is 2.72. The Balaban J connectivity index is 0.908. The molecular weight excluding hydrogens is 1060 g/mol. The van der Waals surface area contributed by atoms with E-state index in [0.29, 0.717) is 74.7 Å². The van der Waals surface area contributed by atoms with Gasteiger partial charge in [0.15, 0.2) is 11.5 Å². The predicted octanol–water partition coefficient (Wildman–Crippen LogP) is 9.43. The zero-order valence-electron chi connectivity index (χ0n) is 47.2. The van der Waals surface area contributed by atoms with Crippen LogP contribution in [0, 0.1) is 75.9 Å². The molecule has 3 heterocycles. The largest absolute Gasteiger partial charge is 0.504 e. The van der Waals surface area contributed by atoms with E-state index in [2.05, 4.69) is 114 Å². The van der Waals surface area contributed by atoms with Gasteiger partial charge in [0.05, 0.1) is 30.5 Å². The minimum atomic E-state index is -1.08. The van der Waals surface area contributed by atoms with Gasteiger partial charge in [0.2, 0.25) is 0 Å². The molecule has 7 aliphatic carbocycles. The summed E-state index contributed by atoms with van der Waals surface area (Å²) in [5, 5.41) is 89.7. The molecule has 2 spiro atoms. The van der Waals surface area contributed by atoms with Gasteiger partial charge < -0.3 is 56.5 Å². The fraction of sp³-hybridized carbons (Fsp3) is 0.536. The molecule has 0 radical (unpaired) electrons. The molecule has 13 heteroatoms. The first kappa shape index (κ1) is 56.3. The maximum Gasteiger partial charge on any atom is 0.161 e. The number of hydrogen-bond donors (Lipinski definition) is 10. The van der Waals surface area contributed by atoms with Gasteiger partial charge in [-0.15, -0.1) is 0 Å². The number of aryl methyl sites for hydroxylation is 1. The number of aromatic nitrogens is 1. The molecule has 0 amide bonds. The molecule has 434 valence electrons. The van der Waals surface area contributed by atoms with Crippen LogP contribution in [0.2, 0.25) is 0 Å². The molecule has 2 bridgehead atoms. The molecule has 4 aromatic rings. The molecule has 2 aliphatic heterocycles. The van der Waals surface area contributed by atoms with Crippen molar-refractivity contribution >= 4 is 21.6 Å². The van der Waals surface area contributed by atoms with E-state index in [1.165, 1.54) is 22.3 Å². The number of benzene rings is 3. The van der Waals surface area contributed by atoms with E-state index < -0.39 is 59.8 Å². The number of aliphatic hydroxyl groups excluding tert-OH is 6. The molecule has 3 fully saturated rings. The Morgan fingerprint density at radius 3 is 2.44 bits per heavy atom. The quantitative estimate of drug-likeness (QED) is 0.0478. The molecule has 82 heavy (non-hydrogen) atoms. The first-order valence-corrected chi connectivity index (χ1v) is 33.3. The van der Waals surface area contributed by atoms with Crippen molar-refractivity contribution in [2.24, 2.45) is 69.8 Å². The molecule has 11 N–H and O–H groups in total. The zero-order valence-corrected chi connectivity index (χ0v) is 48.8. The lowest BCUT2D eigenvalue weighted by Crippen LogP contribution is -2.67. The third kappa shape index (κ3) is 9.91. The molecule has 19 unspecified atom stereocenters. The zero-order chi connectivity index (χ0) is 56.4. The van der Waals surface area contributed by atoms with Gasteiger partial charge in [0.25, 0.3) is 0 Å². The molecule has 3 aromatic carbocycles. The number of phenolic OH excluding ortho intramolecular Hbond substituents is 1. The summed E-state index contributed by atoms with van der Waals surface area (Å²) in [6.07, 6.45) is 14.5. The Kier molecular flexibility index (Phi) is 15.9. The summed E-state index contributed by atoms with van der Waals surface area (Å²) >= 11 is 0. The summed E-state index contributed by atoms with van der Waals surface area (Å²) in [6.45, 7) is 2.53. The molecule has 1 aromatic heterocycles. The standard InChI is InChI=1S/C69H83N3O8S2/c1-2-39-27-44-31-60(77)62(80-63-32-45(28-48-13-8-25-71-48)49-22-26-72-67(70)54(49)38-82-81-37-46(36-73)65(63)79)34-51(44)52-33-61(78)64-43(29-50(39)52)20-23-68-35-53(41-10-4-3-5-11-41)56-30-42-12-7-6-9-40(42)14-15-47-16-17-59(76)66(68)69(47,56)24-21-55(68)57(74)18-19-58(64)75/h3-13,21-22,24-25,29,31,34,39,43,45-47,52-53,55-59,61,63-66,71-79H,2,14-19,26-28,30,32-33,35-38,70H2,1H3. The molecule has 9 aliphatic rings. The summed E-state index contributed by atoms with van der Waals surface area (Å²) in [5.41, 5.74) is 15.8. The topological polar surface area (TPSA) is 205 Å². The van der Waals surface area contributed by atoms with E-state index >= 15 is 0 Å². The van der Waals surface area contributed by atoms with Crippen LogP contribution in [0.1, 0.15) is 110 Å². The van der Waals surface area contributed by atoms with Gasteiger partial charge >= 0.3 is 0 Å². The van der Waals surface area contributed by atoms with Crippen LogP contribution < -0.4 is 15.8 Å². The molecular formula is C69H83N3O8S2. The first-order chi connectivity index (χ1) is 39.9. The third-order valence-electron chi connectivity index (χ3n) is 22.0. The van der Waals surface area contributed by atoms with Crippen molar-refractivity contribution < 1.29 is 40.5 Å². The highest BCUT2D eigenvalue weighted by molar-refractivity contribution is 8.76. The highest BCUT2D eigenvalue weighted by Gasteiger charge is 2.69. The summed E-state index contributed by atoms with van der Waals surface area (Å²) in [7, 11) is 3.25. The maximum atomic E-state index is 12.9. The lowest BCUT2D eigenvalue weighted by Gasteiger charge is -2.69. The van der Waals surface area contributed by atoms with Crippen molar-refractivity contribution in [2.45, 2.75) is 139 Å². The summed E-state index contributed by atoms with van der Waals surface area (Å²) in [5.74, 6) is 7.94. The van der Waals surface area contributed by atoms with Gasteiger partial charge in [-0.1, -0.05) is 125 Å². The Morgan fingerprint density at radius 1 is 0.829 bits per heavy atom. The smallest absolute Gasteiger partial charge is 0.161 e. The number of aromatic amines is 1. The Bertz CT molecular complexity index is 3170. The van der Waals surface area contributed by atoms with Crippen LogP contribution in [-0.2, 0) is 25.7 Å². The van der Waals surface area contributed by atoms with Crippen LogP contribution >= 0.6 is 21.6 Å². The van der Waals surface area contributed by atoms with E-state index in [-0.39, 0.29) is 71.4 Å². The predicted molar refractivity (Wildman–Crippen MR) is 324 cm³/mol. The van der Waals surface area contributed by atoms with E-state index in [0.717, 1.165) is 60.1 Å². The summed E-state index contributed by atoms with van der Waals surface area (Å²) in [4.78, 5) is 3.39. The van der Waals surface area contributed by atoms with Crippen LogP contribution in [-0.4, -0.2) is 102 Å². The molecule has 11 nitrogen and oxygen atoms in total. The number of nitrogens with two attached hydrogens (primary N) is 1. The number of H-pyrrole nitrogens is 1. The fourth-order valence-corrected chi connectivity index (χ4v) is 20.7. The number of fused-ring (bicyclic) bond motifs is 6. The summed E-state index contributed by atoms with van der Waals surface area (Å²) in [6, 6.07) is 27.7. The normalized spacial score (nSPS) is 38.7. The Morgan fingerprint density at radius 2 is 1.63 bits per heavy atom. The average molecular weight is 1150 g/mol. The van der Waals surface area contributed by atoms with Gasteiger partial charge in [0.1, 0.15) is 11.9 Å². The molecule has 19 atom stereocenters. The second-order valence-corrected chi connectivity index (χ2v) is 28.4. The van der Waals surface area contributed by atoms with Crippen molar-refractivity contribution in [3.05, 3.63) is 165 Å². The second kappa shape index (κ2) is 23.2. The van der Waals surface area contributed by atoms with Gasteiger partial charge in [0, 0.05) is 88.5 Å². The van der Waals surface area contributed by atoms with Crippen LogP contribution in [0.5, 0.6) is 11.5 Å². The Hall–Kier alpha value is -4.88. The first-order valence-electron chi connectivity index (χ1n) is 30.8. The minimum absolute atomic E-state index is 0.0275. The number of dihydropyridines is 1. The van der Waals surface area contributed by atoms with Crippen molar-refractivity contribution in [3.63, 3.8) is 0 Å². The average Bonchev–Trinajstić information content (AvgIpc) is 2.07. The van der Waals surface area contributed by atoms with Gasteiger partial charge in [-0.05, 0) is 171 Å². The van der Waals surface area contributed by atoms with E-state index in [9.17, 15) is 35.7 Å². The van der Waals surface area contributed by atoms with E-state index in [4.69, 9.17) is 10.5 Å². The molecule has 2 saturated carbocycles. The number of nitrogens with one attached hydrogen (secondary N) is 2. The number of ether oxygens (including phenoxy) is 1. The lowest BCUT2D eigenvalue weighted by atomic mass is 9.35. The Labute approximate surface area is 491 Å². The molecule has 13 rings (SSSR count). The van der Waals surface area contributed by atoms with Crippen LogP contribution in [0.15, 0.2) is 132 Å². The van der Waals surface area contributed by atoms with Crippen molar-refractivity contribution in [3.8, 4) is 23.3 Å². The van der Waals surface area contributed by atoms with Gasteiger partial charge in [-0.3, -0.25) is 0 Å². The number of rotatable bonds is 7. The number of aliphatic hydroxyl groups is 6. The molecule has 1 saturated heterocycles. The number of allylic oxidation sites excluding steroid dienone is 4. The van der Waals surface area contributed by atoms with Crippen LogP contribution in [0.3, 0.4) is 0 Å². The van der Waals surface area contributed by atoms with Gasteiger partial charge in [-0.25, -0.2) is 0 Å². The van der Waals surface area contributed by atoms with Crippen molar-refractivity contribution in [1.82, 2.24) is 10.3 Å². The maximum absolute atomic E-state index is 12.9.